The molecule has 90 valence electrons. The molecule has 1 aliphatic rings. The van der Waals surface area contributed by atoms with E-state index in [0.29, 0.717) is 13.1 Å². The van der Waals surface area contributed by atoms with E-state index in [9.17, 15) is 5.21 Å². The van der Waals surface area contributed by atoms with Gasteiger partial charge in [-0.1, -0.05) is 0 Å². The number of hydroxylamine groups is 2. The maximum atomic E-state index is 9.50. The minimum absolute atomic E-state index is 0.507. The van der Waals surface area contributed by atoms with Gasteiger partial charge in [-0.25, -0.2) is 4.98 Å². The van der Waals surface area contributed by atoms with E-state index in [0.717, 1.165) is 29.5 Å². The lowest BCUT2D eigenvalue weighted by molar-refractivity contribution is -0.0985. The smallest absolute Gasteiger partial charge is 0.158 e. The summed E-state index contributed by atoms with van der Waals surface area (Å²) in [6.45, 7) is 3.99. The van der Waals surface area contributed by atoms with Crippen molar-refractivity contribution in [1.82, 2.24) is 24.4 Å². The fourth-order valence-corrected chi connectivity index (χ4v) is 2.37. The Balaban J connectivity index is 2.14. The van der Waals surface area contributed by atoms with Gasteiger partial charge in [-0.2, -0.15) is 10.2 Å². The minimum atomic E-state index is 0.507. The molecule has 17 heavy (non-hydrogen) atoms. The van der Waals surface area contributed by atoms with Crippen LogP contribution in [-0.2, 0) is 26.7 Å². The Hall–Kier alpha value is -1.66. The molecule has 0 aromatic carbocycles. The van der Waals surface area contributed by atoms with Crippen molar-refractivity contribution < 1.29 is 5.21 Å². The summed E-state index contributed by atoms with van der Waals surface area (Å²) in [6.07, 6.45) is 1.77. The van der Waals surface area contributed by atoms with Crippen LogP contribution in [0, 0.1) is 0 Å². The summed E-state index contributed by atoms with van der Waals surface area (Å²) in [5.74, 6) is 0.936. The van der Waals surface area contributed by atoms with Crippen molar-refractivity contribution in [1.29, 1.82) is 0 Å². The van der Waals surface area contributed by atoms with E-state index in [4.69, 9.17) is 0 Å². The molecular weight excluding hydrogens is 218 g/mol. The number of aromatic nitrogens is 4. The van der Waals surface area contributed by atoms with E-state index in [-0.39, 0.29) is 0 Å². The van der Waals surface area contributed by atoms with Gasteiger partial charge in [0.15, 0.2) is 5.82 Å². The topological polar surface area (TPSA) is 59.1 Å². The summed E-state index contributed by atoms with van der Waals surface area (Å²) in [5.41, 5.74) is 3.07. The van der Waals surface area contributed by atoms with E-state index >= 15 is 0 Å². The lowest BCUT2D eigenvalue weighted by Crippen LogP contribution is -2.13. The third-order valence-electron chi connectivity index (χ3n) is 3.19. The molecule has 2 aromatic rings. The zero-order chi connectivity index (χ0) is 12.0. The molecule has 0 saturated heterocycles. The molecule has 0 saturated carbocycles. The monoisotopic (exact) mass is 233 g/mol. The van der Waals surface area contributed by atoms with Crippen molar-refractivity contribution >= 4 is 0 Å². The second kappa shape index (κ2) is 3.68. The standard InChI is InChI=1S/C11H15N5O/c1-3-16-10-7-15(17)6-8(10)13-11(16)9-4-5-12-14(9)2/h4-5,17H,3,6-7H2,1-2H3. The van der Waals surface area contributed by atoms with Crippen LogP contribution in [0.25, 0.3) is 11.5 Å². The quantitative estimate of drug-likeness (QED) is 0.841. The summed E-state index contributed by atoms with van der Waals surface area (Å²) in [6, 6.07) is 1.96. The van der Waals surface area contributed by atoms with Gasteiger partial charge in [0.05, 0.1) is 24.5 Å². The molecule has 0 bridgehead atoms. The molecule has 0 atom stereocenters. The van der Waals surface area contributed by atoms with Gasteiger partial charge >= 0.3 is 0 Å². The van der Waals surface area contributed by atoms with Crippen LogP contribution in [0.1, 0.15) is 18.3 Å². The van der Waals surface area contributed by atoms with Crippen molar-refractivity contribution in [3.05, 3.63) is 23.7 Å². The summed E-state index contributed by atoms with van der Waals surface area (Å²) < 4.78 is 3.96. The zero-order valence-electron chi connectivity index (χ0n) is 9.96. The number of nitrogens with zero attached hydrogens (tertiary/aromatic N) is 5. The van der Waals surface area contributed by atoms with Gasteiger partial charge in [-0.15, -0.1) is 0 Å². The molecule has 6 nitrogen and oxygen atoms in total. The zero-order valence-corrected chi connectivity index (χ0v) is 9.96. The first-order valence-corrected chi connectivity index (χ1v) is 5.71. The Morgan fingerprint density at radius 3 is 2.88 bits per heavy atom. The number of aryl methyl sites for hydroxylation is 1. The van der Waals surface area contributed by atoms with Gasteiger partial charge in [0.1, 0.15) is 5.69 Å². The summed E-state index contributed by atoms with van der Waals surface area (Å²) >= 11 is 0. The largest absolute Gasteiger partial charge is 0.325 e. The van der Waals surface area contributed by atoms with Crippen molar-refractivity contribution in [2.45, 2.75) is 26.6 Å². The summed E-state index contributed by atoms with van der Waals surface area (Å²) in [5, 5.41) is 15.0. The fraction of sp³-hybridized carbons (Fsp3) is 0.455. The molecular formula is C11H15N5O. The van der Waals surface area contributed by atoms with E-state index in [1.54, 1.807) is 6.20 Å². The third-order valence-corrected chi connectivity index (χ3v) is 3.19. The molecule has 0 unspecified atom stereocenters. The van der Waals surface area contributed by atoms with E-state index in [1.807, 2.05) is 17.8 Å². The van der Waals surface area contributed by atoms with Crippen LogP contribution in [-0.4, -0.2) is 29.6 Å². The van der Waals surface area contributed by atoms with Gasteiger partial charge < -0.3 is 9.77 Å². The molecule has 6 heteroatoms. The van der Waals surface area contributed by atoms with Gasteiger partial charge in [0.25, 0.3) is 0 Å². The predicted octanol–water partition coefficient (Wildman–Crippen LogP) is 1.01. The van der Waals surface area contributed by atoms with Crippen molar-refractivity contribution in [3.63, 3.8) is 0 Å². The molecule has 1 aliphatic heterocycles. The van der Waals surface area contributed by atoms with Crippen LogP contribution in [0.3, 0.4) is 0 Å². The molecule has 0 radical (unpaired) electrons. The van der Waals surface area contributed by atoms with E-state index < -0.39 is 0 Å². The highest BCUT2D eigenvalue weighted by Gasteiger charge is 2.26. The predicted molar refractivity (Wildman–Crippen MR) is 61.1 cm³/mol. The average molecular weight is 233 g/mol. The average Bonchev–Trinajstić information content (AvgIpc) is 2.91. The SMILES string of the molecule is CCn1c(-c2ccnn2C)nc2c1CN(O)C2. The van der Waals surface area contributed by atoms with Crippen LogP contribution < -0.4 is 0 Å². The second-order valence-corrected chi connectivity index (χ2v) is 4.24. The summed E-state index contributed by atoms with van der Waals surface area (Å²) in [7, 11) is 1.91. The Morgan fingerprint density at radius 2 is 2.24 bits per heavy atom. The lowest BCUT2D eigenvalue weighted by atomic mass is 10.3. The first-order chi connectivity index (χ1) is 8.20. The molecule has 3 heterocycles. The maximum Gasteiger partial charge on any atom is 0.158 e. The third kappa shape index (κ3) is 1.49. The number of imidazole rings is 1. The van der Waals surface area contributed by atoms with E-state index in [1.165, 1.54) is 5.06 Å². The van der Waals surface area contributed by atoms with E-state index in [2.05, 4.69) is 21.6 Å². The molecule has 0 fully saturated rings. The van der Waals surface area contributed by atoms with Gasteiger partial charge in [-0.05, 0) is 13.0 Å². The van der Waals surface area contributed by atoms with Crippen LogP contribution >= 0.6 is 0 Å². The molecule has 2 aromatic heterocycles. The molecule has 0 amide bonds. The number of rotatable bonds is 2. The van der Waals surface area contributed by atoms with Crippen molar-refractivity contribution in [2.75, 3.05) is 0 Å². The lowest BCUT2D eigenvalue weighted by Gasteiger charge is -2.10. The Labute approximate surface area is 99.1 Å². The summed E-state index contributed by atoms with van der Waals surface area (Å²) in [4.78, 5) is 4.62. The first-order valence-electron chi connectivity index (χ1n) is 5.71. The number of hydrogen-bond donors (Lipinski definition) is 1. The fourth-order valence-electron chi connectivity index (χ4n) is 2.37. The second-order valence-electron chi connectivity index (χ2n) is 4.24. The van der Waals surface area contributed by atoms with Gasteiger partial charge in [0, 0.05) is 19.8 Å². The van der Waals surface area contributed by atoms with Crippen molar-refractivity contribution in [2.24, 2.45) is 7.05 Å². The Kier molecular flexibility index (Phi) is 2.27. The molecule has 0 aliphatic carbocycles. The highest BCUT2D eigenvalue weighted by Crippen LogP contribution is 2.27. The Bertz CT molecular complexity index is 556. The van der Waals surface area contributed by atoms with Crippen LogP contribution in [0.15, 0.2) is 12.3 Å². The van der Waals surface area contributed by atoms with Crippen LogP contribution in [0.4, 0.5) is 0 Å². The van der Waals surface area contributed by atoms with Gasteiger partial charge in [-0.3, -0.25) is 4.68 Å². The highest BCUT2D eigenvalue weighted by atomic mass is 16.5. The van der Waals surface area contributed by atoms with Crippen LogP contribution in [0.5, 0.6) is 0 Å². The Morgan fingerprint density at radius 1 is 1.41 bits per heavy atom. The minimum Gasteiger partial charge on any atom is -0.325 e. The molecule has 0 spiro atoms. The number of fused-ring (bicyclic) bond motifs is 1. The first kappa shape index (κ1) is 10.5. The normalized spacial score (nSPS) is 15.5. The number of hydrogen-bond acceptors (Lipinski definition) is 4. The molecule has 1 N–H and O–H groups in total. The van der Waals surface area contributed by atoms with Gasteiger partial charge in [0.2, 0.25) is 0 Å². The molecule has 3 rings (SSSR count). The highest BCUT2D eigenvalue weighted by molar-refractivity contribution is 5.52. The maximum absolute atomic E-state index is 9.50. The van der Waals surface area contributed by atoms with Crippen molar-refractivity contribution in [3.8, 4) is 11.5 Å². The van der Waals surface area contributed by atoms with Crippen LogP contribution in [0.2, 0.25) is 0 Å².